The van der Waals surface area contributed by atoms with Gasteiger partial charge < -0.3 is 20.5 Å². The summed E-state index contributed by atoms with van der Waals surface area (Å²) in [6, 6.07) is 4.71. The maximum absolute atomic E-state index is 12.5. The summed E-state index contributed by atoms with van der Waals surface area (Å²) in [6.45, 7) is 2.72. The van der Waals surface area contributed by atoms with E-state index in [9.17, 15) is 13.2 Å². The van der Waals surface area contributed by atoms with Gasteiger partial charge >= 0.3 is 6.18 Å². The Hall–Kier alpha value is -1.23. The van der Waals surface area contributed by atoms with Crippen molar-refractivity contribution in [3.8, 4) is 5.75 Å². The molecule has 1 rings (SSSR count). The Morgan fingerprint density at radius 2 is 2.09 bits per heavy atom. The number of alkyl halides is 3. The Bertz CT molecular complexity index is 498. The van der Waals surface area contributed by atoms with Gasteiger partial charge in [-0.3, -0.25) is 0 Å². The third-order valence-corrected chi connectivity index (χ3v) is 2.61. The first-order valence-corrected chi connectivity index (χ1v) is 6.68. The van der Waals surface area contributed by atoms with Crippen molar-refractivity contribution in [2.45, 2.75) is 19.1 Å². The lowest BCUT2D eigenvalue weighted by Gasteiger charge is -2.13. The number of nitrogens with two attached hydrogens (primary N) is 1. The van der Waals surface area contributed by atoms with Crippen LogP contribution >= 0.6 is 24.0 Å². The number of methoxy groups -OCH3 is 1. The molecule has 5 nitrogen and oxygen atoms in total. The highest BCUT2D eigenvalue weighted by Gasteiger charge is 2.30. The summed E-state index contributed by atoms with van der Waals surface area (Å²) in [4.78, 5) is 4.01. The minimum absolute atomic E-state index is 0. The van der Waals surface area contributed by atoms with E-state index in [1.54, 1.807) is 7.11 Å². The van der Waals surface area contributed by atoms with E-state index in [-0.39, 0.29) is 54.9 Å². The Labute approximate surface area is 150 Å². The average Bonchev–Trinajstić information content (AvgIpc) is 2.43. The molecule has 1 atom stereocenters. The third kappa shape index (κ3) is 8.84. The maximum Gasteiger partial charge on any atom is 0.416 e. The highest BCUT2D eigenvalue weighted by molar-refractivity contribution is 14.0. The predicted molar refractivity (Wildman–Crippen MR) is 93.3 cm³/mol. The van der Waals surface area contributed by atoms with Crippen LogP contribution in [0.25, 0.3) is 0 Å². The molecule has 0 aliphatic heterocycles. The van der Waals surface area contributed by atoms with Crippen LogP contribution in [0.2, 0.25) is 0 Å². The monoisotopic (exact) mass is 447 g/mol. The van der Waals surface area contributed by atoms with Crippen molar-refractivity contribution < 1.29 is 22.6 Å². The van der Waals surface area contributed by atoms with Gasteiger partial charge in [0.15, 0.2) is 5.96 Å². The molecule has 0 fully saturated rings. The van der Waals surface area contributed by atoms with Gasteiger partial charge in [0.1, 0.15) is 12.4 Å². The first-order chi connectivity index (χ1) is 10.3. The standard InChI is InChI=1S/C14H20F3N3O2.HI/c1-10(9-21-2)20-13(18)19-6-7-22-12-5-3-4-11(8-12)14(15,16)17;/h3-5,8,10H,6-7,9H2,1-2H3,(H3,18,19,20);1H. The number of nitrogens with zero attached hydrogens (tertiary/aromatic N) is 1. The fraction of sp³-hybridized carbons (Fsp3) is 0.500. The van der Waals surface area contributed by atoms with Crippen LogP contribution in [0, 0.1) is 0 Å². The predicted octanol–water partition coefficient (Wildman–Crippen LogP) is 2.64. The Balaban J connectivity index is 0.00000484. The minimum Gasteiger partial charge on any atom is -0.492 e. The van der Waals surface area contributed by atoms with Gasteiger partial charge in [-0.25, -0.2) is 4.99 Å². The van der Waals surface area contributed by atoms with Crippen molar-refractivity contribution in [3.05, 3.63) is 29.8 Å². The van der Waals surface area contributed by atoms with Crippen molar-refractivity contribution in [1.29, 1.82) is 0 Å². The lowest BCUT2D eigenvalue weighted by atomic mass is 10.2. The van der Waals surface area contributed by atoms with E-state index in [0.717, 1.165) is 12.1 Å². The van der Waals surface area contributed by atoms with Crippen LogP contribution in [0.3, 0.4) is 0 Å². The topological polar surface area (TPSA) is 68.9 Å². The third-order valence-electron chi connectivity index (χ3n) is 2.61. The van der Waals surface area contributed by atoms with Crippen LogP contribution in [0.15, 0.2) is 29.3 Å². The second-order valence-corrected chi connectivity index (χ2v) is 4.64. The van der Waals surface area contributed by atoms with Crippen molar-refractivity contribution in [3.63, 3.8) is 0 Å². The maximum atomic E-state index is 12.5. The molecule has 3 N–H and O–H groups in total. The van der Waals surface area contributed by atoms with Crippen LogP contribution in [-0.4, -0.2) is 38.9 Å². The average molecular weight is 447 g/mol. The smallest absolute Gasteiger partial charge is 0.416 e. The van der Waals surface area contributed by atoms with Crippen molar-refractivity contribution in [2.75, 3.05) is 26.9 Å². The molecule has 0 bridgehead atoms. The zero-order chi connectivity index (χ0) is 16.6. The molecule has 9 heteroatoms. The first-order valence-electron chi connectivity index (χ1n) is 6.68. The summed E-state index contributed by atoms with van der Waals surface area (Å²) in [6.07, 6.45) is -4.39. The van der Waals surface area contributed by atoms with Gasteiger partial charge in [-0.1, -0.05) is 6.07 Å². The van der Waals surface area contributed by atoms with Crippen molar-refractivity contribution >= 4 is 29.9 Å². The first kappa shape index (κ1) is 21.8. The molecule has 0 saturated carbocycles. The summed E-state index contributed by atoms with van der Waals surface area (Å²) in [5, 5.41) is 2.91. The minimum atomic E-state index is -4.39. The summed E-state index contributed by atoms with van der Waals surface area (Å²) in [7, 11) is 1.58. The van der Waals surface area contributed by atoms with Gasteiger partial charge in [0.25, 0.3) is 0 Å². The number of aliphatic imine (C=N–C) groups is 1. The van der Waals surface area contributed by atoms with Gasteiger partial charge in [-0.15, -0.1) is 24.0 Å². The van der Waals surface area contributed by atoms with Gasteiger partial charge in [0, 0.05) is 13.2 Å². The molecule has 0 spiro atoms. The number of ether oxygens (including phenoxy) is 2. The van der Waals surface area contributed by atoms with Crippen molar-refractivity contribution in [2.24, 2.45) is 10.7 Å². The number of halogens is 4. The Morgan fingerprint density at radius 3 is 2.70 bits per heavy atom. The number of hydrogen-bond acceptors (Lipinski definition) is 3. The van der Waals surface area contributed by atoms with E-state index in [1.807, 2.05) is 6.92 Å². The van der Waals surface area contributed by atoms with E-state index in [1.165, 1.54) is 12.1 Å². The zero-order valence-electron chi connectivity index (χ0n) is 12.9. The molecule has 0 amide bonds. The van der Waals surface area contributed by atoms with Gasteiger partial charge in [0.05, 0.1) is 18.7 Å². The summed E-state index contributed by atoms with van der Waals surface area (Å²) in [5.74, 6) is 0.376. The van der Waals surface area contributed by atoms with Crippen LogP contribution in [0.4, 0.5) is 13.2 Å². The highest BCUT2D eigenvalue weighted by atomic mass is 127. The summed E-state index contributed by atoms with van der Waals surface area (Å²) >= 11 is 0. The normalized spacial score (nSPS) is 13.2. The Morgan fingerprint density at radius 1 is 1.39 bits per heavy atom. The number of hydrogen-bond donors (Lipinski definition) is 2. The molecule has 0 aliphatic rings. The lowest BCUT2D eigenvalue weighted by molar-refractivity contribution is -0.137. The quantitative estimate of drug-likeness (QED) is 0.292. The highest BCUT2D eigenvalue weighted by Crippen LogP contribution is 2.31. The molecule has 0 aromatic heterocycles. The molecule has 1 unspecified atom stereocenters. The largest absolute Gasteiger partial charge is 0.492 e. The van der Waals surface area contributed by atoms with Crippen LogP contribution < -0.4 is 15.8 Å². The fourth-order valence-corrected chi connectivity index (χ4v) is 1.68. The number of nitrogens with one attached hydrogen (secondary N) is 1. The van der Waals surface area contributed by atoms with E-state index < -0.39 is 11.7 Å². The molecule has 1 aromatic rings. The van der Waals surface area contributed by atoms with E-state index in [4.69, 9.17) is 15.2 Å². The molecular weight excluding hydrogens is 426 g/mol. The van der Waals surface area contributed by atoms with Crippen molar-refractivity contribution in [1.82, 2.24) is 5.32 Å². The molecule has 0 heterocycles. The van der Waals surface area contributed by atoms with E-state index in [0.29, 0.717) is 6.61 Å². The second kappa shape index (κ2) is 10.5. The molecule has 23 heavy (non-hydrogen) atoms. The summed E-state index contributed by atoms with van der Waals surface area (Å²) < 4.78 is 47.8. The molecular formula is C14H21F3IN3O2. The van der Waals surface area contributed by atoms with Crippen LogP contribution in [0.1, 0.15) is 12.5 Å². The van der Waals surface area contributed by atoms with Crippen LogP contribution in [0.5, 0.6) is 5.75 Å². The number of guanidine groups is 1. The molecule has 1 aromatic carbocycles. The molecule has 0 saturated heterocycles. The van der Waals surface area contributed by atoms with Crippen LogP contribution in [-0.2, 0) is 10.9 Å². The molecule has 132 valence electrons. The molecule has 0 aliphatic carbocycles. The number of rotatable bonds is 7. The fourth-order valence-electron chi connectivity index (χ4n) is 1.68. The summed E-state index contributed by atoms with van der Waals surface area (Å²) in [5.41, 5.74) is 4.90. The van der Waals surface area contributed by atoms with Gasteiger partial charge in [-0.2, -0.15) is 13.2 Å². The molecule has 0 radical (unpaired) electrons. The number of benzene rings is 1. The SMILES string of the molecule is COCC(C)NC(N)=NCCOc1cccc(C(F)(F)F)c1.I. The van der Waals surface area contributed by atoms with E-state index >= 15 is 0 Å². The second-order valence-electron chi connectivity index (χ2n) is 4.64. The van der Waals surface area contributed by atoms with Gasteiger partial charge in [-0.05, 0) is 25.1 Å². The lowest BCUT2D eigenvalue weighted by Crippen LogP contribution is -2.40. The zero-order valence-corrected chi connectivity index (χ0v) is 15.2. The van der Waals surface area contributed by atoms with E-state index in [2.05, 4.69) is 10.3 Å². The van der Waals surface area contributed by atoms with Gasteiger partial charge in [0.2, 0.25) is 0 Å². The Kier molecular flexibility index (Phi) is 9.96.